The number of carbonyl (C=O) groups excluding carboxylic acids is 1. The van der Waals surface area contributed by atoms with Gasteiger partial charge in [0.25, 0.3) is 0 Å². The van der Waals surface area contributed by atoms with Crippen LogP contribution in [-0.2, 0) is 19.5 Å². The number of carbonyl (C=O) groups is 1. The molecule has 1 aromatic carbocycles. The Morgan fingerprint density at radius 3 is 2.65 bits per heavy atom. The molecule has 0 aliphatic heterocycles. The van der Waals surface area contributed by atoms with Gasteiger partial charge in [0.05, 0.1) is 6.54 Å². The molecular formula is C15H20ClN5O2. The molecule has 0 radical (unpaired) electrons. The summed E-state index contributed by atoms with van der Waals surface area (Å²) in [5.41, 5.74) is 0.964. The first-order chi connectivity index (χ1) is 11.1. The van der Waals surface area contributed by atoms with E-state index in [4.69, 9.17) is 16.1 Å². The summed E-state index contributed by atoms with van der Waals surface area (Å²) in [7, 11) is 1.87. The number of hydrogen-bond donors (Lipinski definition) is 3. The van der Waals surface area contributed by atoms with Crippen LogP contribution in [0.15, 0.2) is 28.8 Å². The molecule has 124 valence electrons. The Hall–Kier alpha value is -2.12. The highest BCUT2D eigenvalue weighted by Gasteiger charge is 2.10. The zero-order valence-electron chi connectivity index (χ0n) is 13.1. The molecule has 8 heteroatoms. The van der Waals surface area contributed by atoms with Crippen LogP contribution in [0.1, 0.15) is 24.2 Å². The van der Waals surface area contributed by atoms with Gasteiger partial charge in [-0.15, -0.1) is 0 Å². The van der Waals surface area contributed by atoms with E-state index in [0.717, 1.165) is 5.56 Å². The minimum atomic E-state index is -0.303. The third kappa shape index (κ3) is 5.88. The summed E-state index contributed by atoms with van der Waals surface area (Å²) >= 11 is 5.81. The van der Waals surface area contributed by atoms with Gasteiger partial charge in [-0.25, -0.2) is 4.79 Å². The van der Waals surface area contributed by atoms with Crippen LogP contribution in [0, 0.1) is 0 Å². The Morgan fingerprint density at radius 2 is 1.96 bits per heavy atom. The van der Waals surface area contributed by atoms with Crippen LogP contribution in [0.2, 0.25) is 5.02 Å². The third-order valence-corrected chi connectivity index (χ3v) is 3.51. The highest BCUT2D eigenvalue weighted by molar-refractivity contribution is 6.30. The van der Waals surface area contributed by atoms with Gasteiger partial charge in [-0.1, -0.05) is 28.9 Å². The molecule has 1 unspecified atom stereocenters. The second kappa shape index (κ2) is 8.50. The van der Waals surface area contributed by atoms with Crippen molar-refractivity contribution in [3.05, 3.63) is 46.6 Å². The van der Waals surface area contributed by atoms with Gasteiger partial charge in [0.1, 0.15) is 0 Å². The molecule has 23 heavy (non-hydrogen) atoms. The minimum Gasteiger partial charge on any atom is -0.337 e. The van der Waals surface area contributed by atoms with Gasteiger partial charge in [-0.05, 0) is 31.7 Å². The summed E-state index contributed by atoms with van der Waals surface area (Å²) < 4.78 is 5.09. The predicted octanol–water partition coefficient (Wildman–Crippen LogP) is 1.87. The number of rotatable bonds is 7. The van der Waals surface area contributed by atoms with Crippen LogP contribution in [0.25, 0.3) is 0 Å². The third-order valence-electron chi connectivity index (χ3n) is 3.26. The second-order valence-corrected chi connectivity index (χ2v) is 5.60. The van der Waals surface area contributed by atoms with Gasteiger partial charge < -0.3 is 20.5 Å². The molecule has 7 nitrogen and oxygen atoms in total. The summed E-state index contributed by atoms with van der Waals surface area (Å²) in [6.07, 6.45) is 0.669. The molecule has 2 rings (SSSR count). The van der Waals surface area contributed by atoms with Gasteiger partial charge in [0, 0.05) is 24.0 Å². The molecule has 0 saturated carbocycles. The largest absolute Gasteiger partial charge is 0.337 e. The molecule has 2 amide bonds. The zero-order chi connectivity index (χ0) is 16.7. The van der Waals surface area contributed by atoms with E-state index in [1.54, 1.807) is 12.1 Å². The maximum Gasteiger partial charge on any atom is 0.315 e. The molecule has 0 fully saturated rings. The van der Waals surface area contributed by atoms with Crippen molar-refractivity contribution in [2.24, 2.45) is 0 Å². The van der Waals surface area contributed by atoms with Crippen molar-refractivity contribution in [2.75, 3.05) is 7.05 Å². The van der Waals surface area contributed by atoms with Crippen molar-refractivity contribution in [1.82, 2.24) is 26.1 Å². The molecule has 0 aliphatic rings. The van der Waals surface area contributed by atoms with Crippen molar-refractivity contribution in [2.45, 2.75) is 32.5 Å². The quantitative estimate of drug-likeness (QED) is 0.717. The number of aromatic nitrogens is 2. The predicted molar refractivity (Wildman–Crippen MR) is 87.1 cm³/mol. The first-order valence-electron chi connectivity index (χ1n) is 7.31. The Morgan fingerprint density at radius 1 is 1.26 bits per heavy atom. The normalized spacial score (nSPS) is 12.0. The summed E-state index contributed by atoms with van der Waals surface area (Å²) in [4.78, 5) is 16.0. The Balaban J connectivity index is 1.72. The van der Waals surface area contributed by atoms with E-state index in [-0.39, 0.29) is 18.6 Å². The summed E-state index contributed by atoms with van der Waals surface area (Å²) in [6.45, 7) is 2.63. The van der Waals surface area contributed by atoms with E-state index in [0.29, 0.717) is 29.7 Å². The van der Waals surface area contributed by atoms with Gasteiger partial charge in [0.15, 0.2) is 5.82 Å². The van der Waals surface area contributed by atoms with Crippen LogP contribution < -0.4 is 16.0 Å². The van der Waals surface area contributed by atoms with Gasteiger partial charge >= 0.3 is 6.03 Å². The number of halogens is 1. The number of likely N-dealkylation sites (N-methyl/N-ethyl adjacent to an activating group) is 1. The van der Waals surface area contributed by atoms with Crippen molar-refractivity contribution in [3.8, 4) is 0 Å². The minimum absolute atomic E-state index is 0.188. The molecule has 2 aromatic rings. The first-order valence-corrected chi connectivity index (χ1v) is 7.69. The number of nitrogens with zero attached hydrogens (tertiary/aromatic N) is 2. The number of nitrogens with one attached hydrogen (secondary N) is 3. The fourth-order valence-electron chi connectivity index (χ4n) is 1.82. The van der Waals surface area contributed by atoms with Crippen LogP contribution in [0.4, 0.5) is 4.79 Å². The van der Waals surface area contributed by atoms with Crippen LogP contribution in [0.3, 0.4) is 0 Å². The fourth-order valence-corrected chi connectivity index (χ4v) is 1.95. The topological polar surface area (TPSA) is 92.1 Å². The first kappa shape index (κ1) is 17.2. The smallest absolute Gasteiger partial charge is 0.315 e. The number of benzene rings is 1. The lowest BCUT2D eigenvalue weighted by atomic mass is 10.2. The summed E-state index contributed by atoms with van der Waals surface area (Å²) in [6, 6.07) is 7.23. The maximum absolute atomic E-state index is 11.7. The monoisotopic (exact) mass is 337 g/mol. The average molecular weight is 338 g/mol. The van der Waals surface area contributed by atoms with Crippen molar-refractivity contribution in [1.29, 1.82) is 0 Å². The Bertz CT molecular complexity index is 629. The molecule has 0 spiro atoms. The molecule has 0 bridgehead atoms. The standard InChI is InChI=1S/C15H20ClN5O2/c1-10(17-2)7-13-20-14(23-21-13)9-19-15(22)18-8-11-3-5-12(16)6-4-11/h3-6,10,17H,7-9H2,1-2H3,(H2,18,19,22). The molecular weight excluding hydrogens is 318 g/mol. The average Bonchev–Trinajstić information content (AvgIpc) is 2.99. The van der Waals surface area contributed by atoms with Crippen molar-refractivity contribution < 1.29 is 9.32 Å². The van der Waals surface area contributed by atoms with Crippen molar-refractivity contribution >= 4 is 17.6 Å². The zero-order valence-corrected chi connectivity index (χ0v) is 13.9. The Labute approximate surface area is 139 Å². The lowest BCUT2D eigenvalue weighted by Crippen LogP contribution is -2.34. The Kier molecular flexibility index (Phi) is 6.37. The molecule has 1 atom stereocenters. The van der Waals surface area contributed by atoms with E-state index in [9.17, 15) is 4.79 Å². The number of urea groups is 1. The SMILES string of the molecule is CNC(C)Cc1noc(CNC(=O)NCc2ccc(Cl)cc2)n1. The maximum atomic E-state index is 11.7. The molecule has 3 N–H and O–H groups in total. The van der Waals surface area contributed by atoms with Gasteiger partial charge in [0.2, 0.25) is 5.89 Å². The van der Waals surface area contributed by atoms with E-state index >= 15 is 0 Å². The molecule has 1 heterocycles. The van der Waals surface area contributed by atoms with E-state index in [1.807, 2.05) is 26.1 Å². The summed E-state index contributed by atoms with van der Waals surface area (Å²) in [5, 5.41) is 13.1. The van der Waals surface area contributed by atoms with E-state index in [2.05, 4.69) is 26.1 Å². The second-order valence-electron chi connectivity index (χ2n) is 5.16. The number of hydrogen-bond acceptors (Lipinski definition) is 5. The number of amides is 2. The van der Waals surface area contributed by atoms with Gasteiger partial charge in [-0.2, -0.15) is 4.98 Å². The van der Waals surface area contributed by atoms with Crippen LogP contribution in [-0.4, -0.2) is 29.3 Å². The van der Waals surface area contributed by atoms with E-state index < -0.39 is 0 Å². The summed E-state index contributed by atoms with van der Waals surface area (Å²) in [5.74, 6) is 0.996. The highest BCUT2D eigenvalue weighted by Crippen LogP contribution is 2.09. The van der Waals surface area contributed by atoms with Gasteiger partial charge in [-0.3, -0.25) is 0 Å². The van der Waals surface area contributed by atoms with E-state index in [1.165, 1.54) is 0 Å². The fraction of sp³-hybridized carbons (Fsp3) is 0.400. The molecule has 1 aromatic heterocycles. The molecule has 0 saturated heterocycles. The van der Waals surface area contributed by atoms with Crippen LogP contribution >= 0.6 is 11.6 Å². The molecule has 0 aliphatic carbocycles. The lowest BCUT2D eigenvalue weighted by Gasteiger charge is -2.06. The van der Waals surface area contributed by atoms with Crippen LogP contribution in [0.5, 0.6) is 0 Å². The van der Waals surface area contributed by atoms with Crippen molar-refractivity contribution in [3.63, 3.8) is 0 Å². The lowest BCUT2D eigenvalue weighted by molar-refractivity contribution is 0.238. The highest BCUT2D eigenvalue weighted by atomic mass is 35.5.